The first-order valence-electron chi connectivity index (χ1n) is 6.33. The summed E-state index contributed by atoms with van der Waals surface area (Å²) in [4.78, 5) is 12.1. The highest BCUT2D eigenvalue weighted by Crippen LogP contribution is 2.27. The number of methoxy groups -OCH3 is 1. The van der Waals surface area contributed by atoms with Crippen molar-refractivity contribution >= 4 is 5.97 Å². The van der Waals surface area contributed by atoms with Gasteiger partial charge in [-0.1, -0.05) is 59.7 Å². The lowest BCUT2D eigenvalue weighted by atomic mass is 9.89. The average Bonchev–Trinajstić information content (AvgIpc) is 2.39. The zero-order valence-corrected chi connectivity index (χ0v) is 11.5. The van der Waals surface area contributed by atoms with Crippen LogP contribution in [0.3, 0.4) is 0 Å². The summed E-state index contributed by atoms with van der Waals surface area (Å²) in [7, 11) is 1.43. The minimum absolute atomic E-state index is 0.226. The Bertz CT molecular complexity index is 553. The fourth-order valence-corrected chi connectivity index (χ4v) is 2.40. The van der Waals surface area contributed by atoms with Gasteiger partial charge in [0.2, 0.25) is 0 Å². The monoisotopic (exact) mass is 254 g/mol. The van der Waals surface area contributed by atoms with E-state index in [2.05, 4.69) is 6.07 Å². The maximum Gasteiger partial charge on any atom is 0.317 e. The molecular weight excluding hydrogens is 236 g/mol. The Morgan fingerprint density at radius 1 is 0.947 bits per heavy atom. The fourth-order valence-electron chi connectivity index (χ4n) is 2.40. The van der Waals surface area contributed by atoms with Crippen molar-refractivity contribution in [2.24, 2.45) is 0 Å². The third-order valence-electron chi connectivity index (χ3n) is 3.15. The lowest BCUT2D eigenvalue weighted by Crippen LogP contribution is -2.16. The molecule has 0 heterocycles. The molecule has 0 saturated heterocycles. The molecule has 0 aliphatic carbocycles. The van der Waals surface area contributed by atoms with Crippen molar-refractivity contribution in [1.82, 2.24) is 0 Å². The molecule has 0 aromatic heterocycles. The second kappa shape index (κ2) is 5.70. The highest BCUT2D eigenvalue weighted by Gasteiger charge is 2.23. The van der Waals surface area contributed by atoms with Gasteiger partial charge in [0.25, 0.3) is 0 Å². The van der Waals surface area contributed by atoms with Crippen LogP contribution in [0.1, 0.15) is 28.2 Å². The van der Waals surface area contributed by atoms with E-state index in [1.807, 2.05) is 56.3 Å². The van der Waals surface area contributed by atoms with Gasteiger partial charge in [-0.25, -0.2) is 0 Å². The summed E-state index contributed by atoms with van der Waals surface area (Å²) in [6.07, 6.45) is 0. The summed E-state index contributed by atoms with van der Waals surface area (Å²) >= 11 is 0. The predicted octanol–water partition coefficient (Wildman–Crippen LogP) is 3.61. The molecule has 1 atom stereocenters. The molecule has 0 saturated carbocycles. The summed E-state index contributed by atoms with van der Waals surface area (Å²) in [6, 6.07) is 15.9. The number of benzene rings is 2. The molecule has 19 heavy (non-hydrogen) atoms. The number of carbonyl (C=O) groups is 1. The number of esters is 1. The topological polar surface area (TPSA) is 26.3 Å². The normalized spacial score (nSPS) is 11.9. The van der Waals surface area contributed by atoms with E-state index in [4.69, 9.17) is 4.74 Å². The third kappa shape index (κ3) is 3.02. The summed E-state index contributed by atoms with van der Waals surface area (Å²) in [5.74, 6) is -0.582. The van der Waals surface area contributed by atoms with Crippen LogP contribution in [-0.2, 0) is 9.53 Å². The highest BCUT2D eigenvalue weighted by molar-refractivity contribution is 5.82. The van der Waals surface area contributed by atoms with E-state index < -0.39 is 0 Å². The van der Waals surface area contributed by atoms with Gasteiger partial charge in [-0.3, -0.25) is 4.79 Å². The lowest BCUT2D eigenvalue weighted by Gasteiger charge is -2.16. The van der Waals surface area contributed by atoms with Gasteiger partial charge in [-0.2, -0.15) is 0 Å². The Morgan fingerprint density at radius 3 is 2.05 bits per heavy atom. The zero-order chi connectivity index (χ0) is 13.8. The van der Waals surface area contributed by atoms with Gasteiger partial charge >= 0.3 is 5.97 Å². The van der Waals surface area contributed by atoms with Gasteiger partial charge < -0.3 is 4.74 Å². The molecule has 0 N–H and O–H groups in total. The van der Waals surface area contributed by atoms with Crippen LogP contribution in [0, 0.1) is 13.8 Å². The molecular formula is C17H18O2. The lowest BCUT2D eigenvalue weighted by molar-refractivity contribution is -0.141. The number of hydrogen-bond acceptors (Lipinski definition) is 2. The molecule has 2 nitrogen and oxygen atoms in total. The van der Waals surface area contributed by atoms with Crippen molar-refractivity contribution in [3.05, 3.63) is 70.8 Å². The first-order valence-corrected chi connectivity index (χ1v) is 6.33. The van der Waals surface area contributed by atoms with Crippen LogP contribution in [0.5, 0.6) is 0 Å². The predicted molar refractivity (Wildman–Crippen MR) is 76.2 cm³/mol. The highest BCUT2D eigenvalue weighted by atomic mass is 16.5. The average molecular weight is 254 g/mol. The van der Waals surface area contributed by atoms with Crippen LogP contribution in [0.15, 0.2) is 48.5 Å². The van der Waals surface area contributed by atoms with E-state index in [1.54, 1.807) is 0 Å². The maximum absolute atomic E-state index is 12.1. The molecule has 1 unspecified atom stereocenters. The Kier molecular flexibility index (Phi) is 4.00. The van der Waals surface area contributed by atoms with E-state index in [0.29, 0.717) is 0 Å². The van der Waals surface area contributed by atoms with E-state index >= 15 is 0 Å². The summed E-state index contributed by atoms with van der Waals surface area (Å²) in [5, 5.41) is 0. The van der Waals surface area contributed by atoms with Gasteiger partial charge in [-0.15, -0.1) is 0 Å². The van der Waals surface area contributed by atoms with Crippen LogP contribution in [-0.4, -0.2) is 13.1 Å². The van der Waals surface area contributed by atoms with Crippen molar-refractivity contribution in [3.8, 4) is 0 Å². The second-order valence-corrected chi connectivity index (χ2v) is 4.79. The van der Waals surface area contributed by atoms with E-state index in [9.17, 15) is 4.79 Å². The van der Waals surface area contributed by atoms with Crippen LogP contribution >= 0.6 is 0 Å². The SMILES string of the molecule is COC(=O)C(c1ccccc1)c1cc(C)cc(C)c1. The van der Waals surface area contributed by atoms with Crippen molar-refractivity contribution in [2.45, 2.75) is 19.8 Å². The molecule has 0 amide bonds. The van der Waals surface area contributed by atoms with E-state index in [1.165, 1.54) is 7.11 Å². The molecule has 0 aliphatic rings. The fraction of sp³-hybridized carbons (Fsp3) is 0.235. The van der Waals surface area contributed by atoms with Crippen molar-refractivity contribution in [3.63, 3.8) is 0 Å². The third-order valence-corrected chi connectivity index (χ3v) is 3.15. The molecule has 0 aliphatic heterocycles. The quantitative estimate of drug-likeness (QED) is 0.782. The Morgan fingerprint density at radius 2 is 1.53 bits per heavy atom. The van der Waals surface area contributed by atoms with Gasteiger partial charge in [0.1, 0.15) is 5.92 Å². The molecule has 98 valence electrons. The van der Waals surface area contributed by atoms with Crippen molar-refractivity contribution in [1.29, 1.82) is 0 Å². The number of hydrogen-bond donors (Lipinski definition) is 0. The standard InChI is InChI=1S/C17H18O2/c1-12-9-13(2)11-15(10-12)16(17(18)19-3)14-7-5-4-6-8-14/h4-11,16H,1-3H3. The maximum atomic E-state index is 12.1. The number of aryl methyl sites for hydroxylation is 2. The summed E-state index contributed by atoms with van der Waals surface area (Å²) in [6.45, 7) is 4.08. The smallest absolute Gasteiger partial charge is 0.317 e. The van der Waals surface area contributed by atoms with E-state index in [0.717, 1.165) is 22.3 Å². The van der Waals surface area contributed by atoms with Crippen LogP contribution in [0.4, 0.5) is 0 Å². The molecule has 0 spiro atoms. The molecule has 0 bridgehead atoms. The minimum atomic E-state index is -0.357. The summed E-state index contributed by atoms with van der Waals surface area (Å²) < 4.78 is 4.96. The first kappa shape index (κ1) is 13.3. The molecule has 2 heteroatoms. The molecule has 2 aromatic rings. The largest absolute Gasteiger partial charge is 0.468 e. The Hall–Kier alpha value is -2.09. The zero-order valence-electron chi connectivity index (χ0n) is 11.5. The van der Waals surface area contributed by atoms with Crippen LogP contribution in [0.25, 0.3) is 0 Å². The van der Waals surface area contributed by atoms with Gasteiger partial charge in [-0.05, 0) is 25.0 Å². The molecule has 0 radical (unpaired) electrons. The molecule has 2 rings (SSSR count). The number of rotatable bonds is 3. The van der Waals surface area contributed by atoms with Crippen molar-refractivity contribution in [2.75, 3.05) is 7.11 Å². The van der Waals surface area contributed by atoms with Crippen LogP contribution < -0.4 is 0 Å². The first-order chi connectivity index (χ1) is 9.11. The minimum Gasteiger partial charge on any atom is -0.468 e. The Balaban J connectivity index is 2.52. The van der Waals surface area contributed by atoms with Crippen LogP contribution in [0.2, 0.25) is 0 Å². The van der Waals surface area contributed by atoms with Gasteiger partial charge in [0.15, 0.2) is 0 Å². The van der Waals surface area contributed by atoms with Crippen molar-refractivity contribution < 1.29 is 9.53 Å². The van der Waals surface area contributed by atoms with Gasteiger partial charge in [0, 0.05) is 0 Å². The Labute approximate surface area is 114 Å². The molecule has 0 fully saturated rings. The number of ether oxygens (including phenoxy) is 1. The van der Waals surface area contributed by atoms with E-state index in [-0.39, 0.29) is 11.9 Å². The second-order valence-electron chi connectivity index (χ2n) is 4.79. The summed E-state index contributed by atoms with van der Waals surface area (Å²) in [5.41, 5.74) is 4.24. The molecule has 2 aromatic carbocycles. The van der Waals surface area contributed by atoms with Gasteiger partial charge in [0.05, 0.1) is 7.11 Å². The number of carbonyl (C=O) groups excluding carboxylic acids is 1.